The van der Waals surface area contributed by atoms with Gasteiger partial charge in [-0.3, -0.25) is 4.98 Å². The molecule has 9 aromatic carbocycles. The van der Waals surface area contributed by atoms with Gasteiger partial charge in [0, 0.05) is 23.5 Å². The zero-order valence-electron chi connectivity index (χ0n) is 30.7. The van der Waals surface area contributed by atoms with Gasteiger partial charge < -0.3 is 0 Å². The summed E-state index contributed by atoms with van der Waals surface area (Å²) in [6, 6.07) is 64.2. The summed E-state index contributed by atoms with van der Waals surface area (Å²) >= 11 is 1.78. The minimum Gasteiger partial charge on any atom is -0.264 e. The number of nitrogens with zero attached hydrogens (tertiary/aromatic N) is 2. The second-order valence-electron chi connectivity index (χ2n) is 14.6. The van der Waals surface area contributed by atoms with Crippen LogP contribution in [-0.2, 0) is 0 Å². The van der Waals surface area contributed by atoms with E-state index in [1.165, 1.54) is 81.2 Å². The molecule has 0 spiro atoms. The van der Waals surface area contributed by atoms with Crippen molar-refractivity contribution in [1.29, 1.82) is 0 Å². The zero-order chi connectivity index (χ0) is 37.2. The van der Waals surface area contributed by atoms with E-state index in [4.69, 9.17) is 4.98 Å². The highest BCUT2D eigenvalue weighted by molar-refractivity contribution is 7.21. The van der Waals surface area contributed by atoms with E-state index in [2.05, 4.69) is 182 Å². The fourth-order valence-corrected chi connectivity index (χ4v) is 9.61. The van der Waals surface area contributed by atoms with Gasteiger partial charge in [-0.15, -0.1) is 11.3 Å². The molecule has 0 aliphatic heterocycles. The molecule has 2 nitrogen and oxygen atoms in total. The van der Waals surface area contributed by atoms with E-state index in [9.17, 15) is 0 Å². The number of benzene rings is 9. The van der Waals surface area contributed by atoms with Crippen LogP contribution in [0.1, 0.15) is 5.56 Å². The van der Waals surface area contributed by atoms with Crippen LogP contribution in [-0.4, -0.2) is 9.97 Å². The molecular formula is C53H34N2S. The molecule has 0 saturated carbocycles. The third kappa shape index (κ3) is 5.39. The topological polar surface area (TPSA) is 25.8 Å². The Bertz CT molecular complexity index is 3310. The Morgan fingerprint density at radius 2 is 0.982 bits per heavy atom. The van der Waals surface area contributed by atoms with Crippen molar-refractivity contribution in [2.45, 2.75) is 6.92 Å². The van der Waals surface area contributed by atoms with Gasteiger partial charge in [-0.2, -0.15) is 0 Å². The maximum Gasteiger partial charge on any atom is 0.124 e. The molecule has 0 unspecified atom stereocenters. The van der Waals surface area contributed by atoms with Gasteiger partial charge in [0.2, 0.25) is 0 Å². The average Bonchev–Trinajstić information content (AvgIpc) is 3.70. The van der Waals surface area contributed by atoms with E-state index < -0.39 is 0 Å². The predicted octanol–water partition coefficient (Wildman–Crippen LogP) is 14.9. The summed E-state index contributed by atoms with van der Waals surface area (Å²) in [5, 5.41) is 11.0. The van der Waals surface area contributed by atoms with Crippen LogP contribution in [0.25, 0.3) is 108 Å². The van der Waals surface area contributed by atoms with Gasteiger partial charge in [0.1, 0.15) is 5.01 Å². The molecule has 0 N–H and O–H groups in total. The molecule has 11 rings (SSSR count). The minimum absolute atomic E-state index is 1.02. The normalized spacial score (nSPS) is 11.7. The first-order valence-corrected chi connectivity index (χ1v) is 19.9. The Labute approximate surface area is 329 Å². The van der Waals surface area contributed by atoms with Crippen molar-refractivity contribution in [2.24, 2.45) is 0 Å². The fourth-order valence-electron chi connectivity index (χ4n) is 8.58. The van der Waals surface area contributed by atoms with Crippen molar-refractivity contribution < 1.29 is 0 Å². The minimum atomic E-state index is 1.02. The lowest BCUT2D eigenvalue weighted by molar-refractivity contribution is 1.33. The average molecular weight is 731 g/mol. The molecule has 2 aromatic heterocycles. The summed E-state index contributed by atoms with van der Waals surface area (Å²) in [4.78, 5) is 9.79. The summed E-state index contributed by atoms with van der Waals surface area (Å²) < 4.78 is 1.18. The molecule has 3 heteroatoms. The first-order chi connectivity index (χ1) is 27.7. The van der Waals surface area contributed by atoms with Crippen LogP contribution in [0.5, 0.6) is 0 Å². The maximum absolute atomic E-state index is 5.49. The standard InChI is InChI=1S/C53H34N2S/c1-33-27-38(24-25-41(33)35-22-20-34(21-23-35)39-13-10-26-54-32-39)53-55-52-50(49-29-37-12-3-5-15-43(37)45-17-7-9-19-47(45)49)30-40(31-51(52)56-53)48-28-36-11-2-4-14-42(36)44-16-6-8-18-46(44)48/h2-32H,1H3. The summed E-state index contributed by atoms with van der Waals surface area (Å²) in [5.74, 6) is 0. The second-order valence-corrected chi connectivity index (χ2v) is 15.7. The lowest BCUT2D eigenvalue weighted by Crippen LogP contribution is -1.90. The number of rotatable bonds is 5. The second kappa shape index (κ2) is 13.1. The molecule has 0 aliphatic carbocycles. The van der Waals surface area contributed by atoms with Crippen LogP contribution in [0.15, 0.2) is 188 Å². The third-order valence-corrected chi connectivity index (χ3v) is 12.3. The smallest absolute Gasteiger partial charge is 0.124 e. The predicted molar refractivity (Wildman–Crippen MR) is 239 cm³/mol. The lowest BCUT2D eigenvalue weighted by Gasteiger charge is -2.15. The molecule has 56 heavy (non-hydrogen) atoms. The first kappa shape index (κ1) is 32.5. The number of hydrogen-bond acceptors (Lipinski definition) is 3. The van der Waals surface area contributed by atoms with E-state index in [-0.39, 0.29) is 0 Å². The van der Waals surface area contributed by atoms with Crippen LogP contribution >= 0.6 is 11.3 Å². The molecule has 0 amide bonds. The van der Waals surface area contributed by atoms with Crippen LogP contribution in [0.2, 0.25) is 0 Å². The third-order valence-electron chi connectivity index (χ3n) is 11.3. The van der Waals surface area contributed by atoms with E-state index in [1.54, 1.807) is 11.3 Å². The molecule has 0 atom stereocenters. The zero-order valence-corrected chi connectivity index (χ0v) is 31.5. The Kier molecular flexibility index (Phi) is 7.61. The largest absolute Gasteiger partial charge is 0.264 e. The highest BCUT2D eigenvalue weighted by atomic mass is 32.1. The number of thiazole rings is 1. The molecule has 0 fully saturated rings. The molecular weight excluding hydrogens is 697 g/mol. The summed E-state index contributed by atoms with van der Waals surface area (Å²) in [5.41, 5.74) is 12.9. The SMILES string of the molecule is Cc1cc(-c2nc3c(-c4cc5ccccc5c5ccccc45)cc(-c4cc5ccccc5c5ccccc45)cc3s2)ccc1-c1ccc(-c2cccnc2)cc1. The van der Waals surface area contributed by atoms with Gasteiger partial charge in [-0.25, -0.2) is 4.98 Å². The van der Waals surface area contributed by atoms with Crippen LogP contribution in [0.3, 0.4) is 0 Å². The van der Waals surface area contributed by atoms with E-state index >= 15 is 0 Å². The van der Waals surface area contributed by atoms with Crippen molar-refractivity contribution in [3.63, 3.8) is 0 Å². The monoisotopic (exact) mass is 730 g/mol. The molecule has 0 saturated heterocycles. The van der Waals surface area contributed by atoms with Crippen molar-refractivity contribution in [2.75, 3.05) is 0 Å². The van der Waals surface area contributed by atoms with E-state index in [1.807, 2.05) is 18.5 Å². The maximum atomic E-state index is 5.49. The highest BCUT2D eigenvalue weighted by Gasteiger charge is 2.19. The number of aryl methyl sites for hydroxylation is 1. The number of fused-ring (bicyclic) bond motifs is 7. The summed E-state index contributed by atoms with van der Waals surface area (Å²) in [6.07, 6.45) is 3.72. The number of aromatic nitrogens is 2. The highest BCUT2D eigenvalue weighted by Crippen LogP contribution is 2.45. The Hall–Kier alpha value is -6.94. The molecule has 0 radical (unpaired) electrons. The van der Waals surface area contributed by atoms with Crippen molar-refractivity contribution in [3.8, 4) is 55.1 Å². The van der Waals surface area contributed by atoms with Crippen LogP contribution < -0.4 is 0 Å². The quantitative estimate of drug-likeness (QED) is 0.165. The van der Waals surface area contributed by atoms with E-state index in [0.29, 0.717) is 0 Å². The molecule has 262 valence electrons. The van der Waals surface area contributed by atoms with Crippen LogP contribution in [0, 0.1) is 6.92 Å². The van der Waals surface area contributed by atoms with Gasteiger partial charge >= 0.3 is 0 Å². The van der Waals surface area contributed by atoms with Gasteiger partial charge in [-0.1, -0.05) is 140 Å². The van der Waals surface area contributed by atoms with Crippen molar-refractivity contribution in [1.82, 2.24) is 9.97 Å². The van der Waals surface area contributed by atoms with Crippen molar-refractivity contribution in [3.05, 3.63) is 194 Å². The van der Waals surface area contributed by atoms with Gasteiger partial charge in [0.05, 0.1) is 10.2 Å². The molecule has 0 bridgehead atoms. The van der Waals surface area contributed by atoms with Gasteiger partial charge in [0.15, 0.2) is 0 Å². The Balaban J connectivity index is 1.11. The lowest BCUT2D eigenvalue weighted by atomic mass is 9.89. The first-order valence-electron chi connectivity index (χ1n) is 19.0. The Morgan fingerprint density at radius 1 is 0.393 bits per heavy atom. The van der Waals surface area contributed by atoms with E-state index in [0.717, 1.165) is 32.8 Å². The number of pyridine rings is 1. The van der Waals surface area contributed by atoms with Gasteiger partial charge in [-0.05, 0) is 131 Å². The Morgan fingerprint density at radius 3 is 1.64 bits per heavy atom. The van der Waals surface area contributed by atoms with Crippen LogP contribution in [0.4, 0.5) is 0 Å². The van der Waals surface area contributed by atoms with Crippen molar-refractivity contribution >= 4 is 64.6 Å². The molecule has 2 heterocycles. The number of hydrogen-bond donors (Lipinski definition) is 0. The van der Waals surface area contributed by atoms with Gasteiger partial charge in [0.25, 0.3) is 0 Å². The summed E-state index contributed by atoms with van der Waals surface area (Å²) in [6.45, 7) is 2.21. The molecule has 11 aromatic rings. The fraction of sp³-hybridized carbons (Fsp3) is 0.0189. The summed E-state index contributed by atoms with van der Waals surface area (Å²) in [7, 11) is 0. The molecule has 0 aliphatic rings.